The Bertz CT molecular complexity index is 785. The van der Waals surface area contributed by atoms with Gasteiger partial charge in [-0.2, -0.15) is 17.0 Å². The van der Waals surface area contributed by atoms with E-state index in [9.17, 15) is 22.0 Å². The summed E-state index contributed by atoms with van der Waals surface area (Å²) in [7, 11) is -0.449. The summed E-state index contributed by atoms with van der Waals surface area (Å²) in [4.78, 5) is 14.0. The van der Waals surface area contributed by atoms with Gasteiger partial charge in [0, 0.05) is 52.8 Å². The molecule has 0 unspecified atom stereocenters. The standard InChI is InChI=1S/C17H23F2N3O3S/c1-20(2)26(24,25)22-5-3-17(4-6-22)10-16(23)21(12-17)11-13-7-14(18)9-15(19)8-13/h7-9H,3-6,10-12H2,1-2H3. The molecule has 1 amide bonds. The van der Waals surface area contributed by atoms with Crippen molar-refractivity contribution in [3.8, 4) is 0 Å². The monoisotopic (exact) mass is 387 g/mol. The lowest BCUT2D eigenvalue weighted by Crippen LogP contribution is -2.47. The van der Waals surface area contributed by atoms with Crippen LogP contribution in [0.4, 0.5) is 8.78 Å². The average Bonchev–Trinajstić information content (AvgIpc) is 2.82. The predicted octanol–water partition coefficient (Wildman–Crippen LogP) is 1.59. The molecule has 1 aromatic carbocycles. The maximum atomic E-state index is 13.4. The molecular formula is C17H23F2N3O3S. The lowest BCUT2D eigenvalue weighted by Gasteiger charge is -2.38. The summed E-state index contributed by atoms with van der Waals surface area (Å²) in [6.07, 6.45) is 1.54. The zero-order valence-electron chi connectivity index (χ0n) is 14.9. The molecule has 0 radical (unpaired) electrons. The molecular weight excluding hydrogens is 364 g/mol. The lowest BCUT2D eigenvalue weighted by atomic mass is 9.78. The molecule has 0 atom stereocenters. The summed E-state index contributed by atoms with van der Waals surface area (Å²) in [6.45, 7) is 1.39. The average molecular weight is 387 g/mol. The molecule has 0 N–H and O–H groups in total. The summed E-state index contributed by atoms with van der Waals surface area (Å²) >= 11 is 0. The normalized spacial score (nSPS) is 21.1. The number of hydrogen-bond donors (Lipinski definition) is 0. The Kier molecular flexibility index (Phi) is 5.06. The Morgan fingerprint density at radius 3 is 2.23 bits per heavy atom. The number of carbonyl (C=O) groups is 1. The van der Waals surface area contributed by atoms with Gasteiger partial charge in [0.25, 0.3) is 10.2 Å². The molecule has 0 bridgehead atoms. The predicted molar refractivity (Wildman–Crippen MR) is 92.2 cm³/mol. The van der Waals surface area contributed by atoms with E-state index in [0.29, 0.717) is 44.5 Å². The smallest absolute Gasteiger partial charge is 0.281 e. The number of hydrogen-bond acceptors (Lipinski definition) is 3. The molecule has 6 nitrogen and oxygen atoms in total. The minimum Gasteiger partial charge on any atom is -0.338 e. The second kappa shape index (κ2) is 6.86. The van der Waals surface area contributed by atoms with Crippen molar-refractivity contribution in [2.75, 3.05) is 33.7 Å². The minimum absolute atomic E-state index is 0.0569. The van der Waals surface area contributed by atoms with E-state index >= 15 is 0 Å². The molecule has 3 rings (SSSR count). The van der Waals surface area contributed by atoms with Gasteiger partial charge in [-0.3, -0.25) is 4.79 Å². The molecule has 26 heavy (non-hydrogen) atoms. The Morgan fingerprint density at radius 2 is 1.69 bits per heavy atom. The van der Waals surface area contributed by atoms with Gasteiger partial charge in [-0.05, 0) is 36.0 Å². The highest BCUT2D eigenvalue weighted by Crippen LogP contribution is 2.42. The first kappa shape index (κ1) is 19.2. The topological polar surface area (TPSA) is 60.9 Å². The van der Waals surface area contributed by atoms with Gasteiger partial charge in [0.2, 0.25) is 5.91 Å². The fourth-order valence-electron chi connectivity index (χ4n) is 3.81. The van der Waals surface area contributed by atoms with Gasteiger partial charge in [-0.15, -0.1) is 0 Å². The summed E-state index contributed by atoms with van der Waals surface area (Å²) < 4.78 is 53.8. The van der Waals surface area contributed by atoms with Crippen LogP contribution in [-0.4, -0.2) is 61.6 Å². The molecule has 0 saturated carbocycles. The van der Waals surface area contributed by atoms with Crippen LogP contribution in [0.3, 0.4) is 0 Å². The summed E-state index contributed by atoms with van der Waals surface area (Å²) in [5.41, 5.74) is 0.155. The van der Waals surface area contributed by atoms with E-state index in [4.69, 9.17) is 0 Å². The van der Waals surface area contributed by atoms with Crippen LogP contribution < -0.4 is 0 Å². The fraction of sp³-hybridized carbons (Fsp3) is 0.588. The molecule has 0 aliphatic carbocycles. The Labute approximate surface area is 152 Å². The zero-order valence-corrected chi connectivity index (χ0v) is 15.7. The third-order valence-electron chi connectivity index (χ3n) is 5.27. The number of rotatable bonds is 4. The highest BCUT2D eigenvalue weighted by molar-refractivity contribution is 7.86. The first-order valence-corrected chi connectivity index (χ1v) is 9.91. The van der Waals surface area contributed by atoms with Crippen molar-refractivity contribution in [3.05, 3.63) is 35.4 Å². The molecule has 2 aliphatic rings. The fourth-order valence-corrected chi connectivity index (χ4v) is 4.91. The number of halogens is 2. The lowest BCUT2D eigenvalue weighted by molar-refractivity contribution is -0.128. The maximum absolute atomic E-state index is 13.4. The number of piperidine rings is 1. The number of nitrogens with zero attached hydrogens (tertiary/aromatic N) is 3. The molecule has 1 spiro atoms. The van der Waals surface area contributed by atoms with Gasteiger partial charge >= 0.3 is 0 Å². The van der Waals surface area contributed by atoms with E-state index < -0.39 is 21.8 Å². The number of amides is 1. The van der Waals surface area contributed by atoms with Crippen LogP contribution in [-0.2, 0) is 21.5 Å². The first-order chi connectivity index (χ1) is 12.1. The van der Waals surface area contributed by atoms with E-state index in [1.54, 1.807) is 4.90 Å². The Hall–Kier alpha value is -1.58. The van der Waals surface area contributed by atoms with E-state index in [2.05, 4.69) is 0 Å². The van der Waals surface area contributed by atoms with Crippen molar-refractivity contribution >= 4 is 16.1 Å². The van der Waals surface area contributed by atoms with Gasteiger partial charge in [0.1, 0.15) is 11.6 Å². The van der Waals surface area contributed by atoms with Crippen molar-refractivity contribution in [3.63, 3.8) is 0 Å². The minimum atomic E-state index is -3.45. The number of carbonyl (C=O) groups excluding carboxylic acids is 1. The number of benzene rings is 1. The summed E-state index contributed by atoms with van der Waals surface area (Å²) in [5.74, 6) is -1.38. The van der Waals surface area contributed by atoms with Gasteiger partial charge in [0.15, 0.2) is 0 Å². The molecule has 0 aromatic heterocycles. The Morgan fingerprint density at radius 1 is 1.12 bits per heavy atom. The second-order valence-corrected chi connectivity index (χ2v) is 9.54. The first-order valence-electron chi connectivity index (χ1n) is 8.52. The van der Waals surface area contributed by atoms with Gasteiger partial charge < -0.3 is 4.90 Å². The third kappa shape index (κ3) is 3.74. The largest absolute Gasteiger partial charge is 0.338 e. The number of likely N-dealkylation sites (tertiary alicyclic amines) is 1. The molecule has 2 fully saturated rings. The van der Waals surface area contributed by atoms with Gasteiger partial charge in [-0.25, -0.2) is 8.78 Å². The van der Waals surface area contributed by atoms with Crippen molar-refractivity contribution < 1.29 is 22.0 Å². The summed E-state index contributed by atoms with van der Waals surface area (Å²) in [6, 6.07) is 3.26. The van der Waals surface area contributed by atoms with E-state index in [1.165, 1.54) is 34.8 Å². The highest BCUT2D eigenvalue weighted by atomic mass is 32.2. The zero-order chi connectivity index (χ0) is 19.1. The van der Waals surface area contributed by atoms with Crippen LogP contribution in [0.5, 0.6) is 0 Å². The highest BCUT2D eigenvalue weighted by Gasteiger charge is 2.46. The van der Waals surface area contributed by atoms with Crippen LogP contribution in [0.25, 0.3) is 0 Å². The van der Waals surface area contributed by atoms with Gasteiger partial charge in [-0.1, -0.05) is 0 Å². The molecule has 2 saturated heterocycles. The van der Waals surface area contributed by atoms with Crippen molar-refractivity contribution in [2.24, 2.45) is 5.41 Å². The van der Waals surface area contributed by atoms with Crippen LogP contribution in [0.15, 0.2) is 18.2 Å². The van der Waals surface area contributed by atoms with Crippen LogP contribution in [0.1, 0.15) is 24.8 Å². The molecule has 2 heterocycles. The van der Waals surface area contributed by atoms with Crippen molar-refractivity contribution in [1.29, 1.82) is 0 Å². The van der Waals surface area contributed by atoms with Crippen LogP contribution in [0, 0.1) is 17.0 Å². The van der Waals surface area contributed by atoms with Crippen molar-refractivity contribution in [1.82, 2.24) is 13.5 Å². The Balaban J connectivity index is 1.67. The molecule has 1 aromatic rings. The van der Waals surface area contributed by atoms with Crippen LogP contribution >= 0.6 is 0 Å². The maximum Gasteiger partial charge on any atom is 0.281 e. The van der Waals surface area contributed by atoms with E-state index in [0.717, 1.165) is 6.07 Å². The van der Waals surface area contributed by atoms with Crippen LogP contribution in [0.2, 0.25) is 0 Å². The molecule has 144 valence electrons. The van der Waals surface area contributed by atoms with E-state index in [1.807, 2.05) is 0 Å². The third-order valence-corrected chi connectivity index (χ3v) is 7.21. The van der Waals surface area contributed by atoms with Gasteiger partial charge in [0.05, 0.1) is 0 Å². The van der Waals surface area contributed by atoms with E-state index in [-0.39, 0.29) is 17.9 Å². The molecule has 9 heteroatoms. The summed E-state index contributed by atoms with van der Waals surface area (Å²) in [5, 5.41) is 0. The molecule has 2 aliphatic heterocycles. The SMILES string of the molecule is CN(C)S(=O)(=O)N1CCC2(CC1)CC(=O)N(Cc1cc(F)cc(F)c1)C2. The second-order valence-electron chi connectivity index (χ2n) is 7.39. The van der Waals surface area contributed by atoms with Crippen molar-refractivity contribution in [2.45, 2.75) is 25.8 Å². The quantitative estimate of drug-likeness (QED) is 0.788.